The Morgan fingerprint density at radius 1 is 0.893 bits per heavy atom. The van der Waals surface area contributed by atoms with Gasteiger partial charge in [-0.2, -0.15) is 0 Å². The van der Waals surface area contributed by atoms with Gasteiger partial charge >= 0.3 is 0 Å². The van der Waals surface area contributed by atoms with Crippen LogP contribution in [-0.2, 0) is 14.4 Å². The Morgan fingerprint density at radius 2 is 1.75 bits per heavy atom. The topological polar surface area (TPSA) is 183 Å². The smallest absolute Gasteiger partial charge is 0.264 e. The molecule has 2 fully saturated rings. The second kappa shape index (κ2) is 15.6. The van der Waals surface area contributed by atoms with Gasteiger partial charge in [0.05, 0.1) is 29.1 Å². The monoisotopic (exact) mass is 758 g/mol. The average molecular weight is 759 g/mol. The van der Waals surface area contributed by atoms with Gasteiger partial charge in [-0.05, 0) is 79.8 Å². The first-order chi connectivity index (χ1) is 27.2. The van der Waals surface area contributed by atoms with Crippen molar-refractivity contribution in [2.24, 2.45) is 0 Å². The first kappa shape index (κ1) is 36.3. The fraction of sp³-hybridized carbons (Fsp3) is 0.300. The highest BCUT2D eigenvalue weighted by atomic mass is 19.1. The van der Waals surface area contributed by atoms with E-state index in [1.165, 1.54) is 12.1 Å². The molecular weight excluding hydrogens is 720 g/mol. The van der Waals surface area contributed by atoms with Crippen LogP contribution in [0.25, 0.3) is 17.0 Å². The number of halogens is 1. The highest BCUT2D eigenvalue weighted by Gasteiger charge is 2.45. The number of nitrogens with zero attached hydrogens (tertiary/aromatic N) is 6. The van der Waals surface area contributed by atoms with Crippen LogP contribution in [0.5, 0.6) is 0 Å². The summed E-state index contributed by atoms with van der Waals surface area (Å²) >= 11 is 0. The number of imidazole rings is 1. The highest BCUT2D eigenvalue weighted by molar-refractivity contribution is 6.25. The zero-order valence-electron chi connectivity index (χ0n) is 30.3. The minimum absolute atomic E-state index is 0.0298. The van der Waals surface area contributed by atoms with Crippen molar-refractivity contribution in [2.45, 2.75) is 50.6 Å². The van der Waals surface area contributed by atoms with E-state index >= 15 is 0 Å². The van der Waals surface area contributed by atoms with Gasteiger partial charge in [-0.3, -0.25) is 34.2 Å². The first-order valence-corrected chi connectivity index (χ1v) is 18.7. The standard InChI is InChI=1S/C40H39FN10O5/c41-25-7-1-6-24(22-25)29-11-5-21-49(29)34-16-15-33-45-23-31(51(33)48-34)27-9-3-12-32(46-27)43-19-20-44-35(52)13-4-18-42-28-10-2-8-26-37(28)40(56)50(39(26)55)30-14-17-36(53)47-38(30)54/h1-3,6-10,12,15-16,22-23,29-30,42H,4-5,11,13-14,17-21H2,(H,43,46)(H,44,52)(H,47,53,54)/t29-,30?/m1/s1. The van der Waals surface area contributed by atoms with E-state index in [-0.39, 0.29) is 48.2 Å². The van der Waals surface area contributed by atoms with Crippen molar-refractivity contribution in [1.29, 1.82) is 0 Å². The van der Waals surface area contributed by atoms with Crippen molar-refractivity contribution < 1.29 is 28.4 Å². The number of hydrogen-bond donors (Lipinski definition) is 4. The van der Waals surface area contributed by atoms with E-state index in [0.29, 0.717) is 48.9 Å². The lowest BCUT2D eigenvalue weighted by molar-refractivity contribution is -0.136. The van der Waals surface area contributed by atoms with Gasteiger partial charge in [0, 0.05) is 44.7 Å². The largest absolute Gasteiger partial charge is 0.384 e. The molecule has 56 heavy (non-hydrogen) atoms. The summed E-state index contributed by atoms with van der Waals surface area (Å²) in [6.07, 6.45) is 4.44. The number of nitrogens with one attached hydrogen (secondary N) is 4. The van der Waals surface area contributed by atoms with Gasteiger partial charge in [-0.1, -0.05) is 24.3 Å². The molecule has 0 aliphatic carbocycles. The summed E-state index contributed by atoms with van der Waals surface area (Å²) < 4.78 is 15.8. The second-order valence-corrected chi connectivity index (χ2v) is 13.9. The van der Waals surface area contributed by atoms with E-state index in [1.807, 2.05) is 36.4 Å². The molecule has 16 heteroatoms. The summed E-state index contributed by atoms with van der Waals surface area (Å²) in [6.45, 7) is 1.97. The predicted molar refractivity (Wildman–Crippen MR) is 204 cm³/mol. The van der Waals surface area contributed by atoms with Gasteiger partial charge in [-0.25, -0.2) is 18.9 Å². The zero-order valence-corrected chi connectivity index (χ0v) is 30.3. The molecule has 4 N–H and O–H groups in total. The molecule has 6 heterocycles. The van der Waals surface area contributed by atoms with Gasteiger partial charge in [-0.15, -0.1) is 5.10 Å². The van der Waals surface area contributed by atoms with Crippen LogP contribution in [0.1, 0.15) is 70.8 Å². The Labute approximate surface area is 320 Å². The zero-order chi connectivity index (χ0) is 38.8. The van der Waals surface area contributed by atoms with Crippen molar-refractivity contribution >= 4 is 52.5 Å². The SMILES string of the molecule is O=C(CCCNc1cccc2c1C(=O)N(C1CCC(=O)NC1=O)C2=O)NCCNc1cccc(-c2cnc3ccc(N4CCC[C@@H]4c4cccc(F)c4)nn23)n1. The van der Waals surface area contributed by atoms with Gasteiger partial charge < -0.3 is 20.9 Å². The molecular formula is C40H39FN10O5. The first-order valence-electron chi connectivity index (χ1n) is 18.7. The molecule has 8 rings (SSSR count). The quantitative estimate of drug-likeness (QED) is 0.100. The highest BCUT2D eigenvalue weighted by Crippen LogP contribution is 2.36. The maximum atomic E-state index is 14.0. The third-order valence-corrected chi connectivity index (χ3v) is 10.3. The molecule has 286 valence electrons. The van der Waals surface area contributed by atoms with Crippen LogP contribution >= 0.6 is 0 Å². The molecule has 2 saturated heterocycles. The molecule has 1 unspecified atom stereocenters. The Bertz CT molecular complexity index is 2370. The number of piperidine rings is 1. The number of amides is 5. The third kappa shape index (κ3) is 7.24. The molecule has 0 bridgehead atoms. The van der Waals surface area contributed by atoms with Crippen LogP contribution in [0.2, 0.25) is 0 Å². The molecule has 2 atom stereocenters. The number of hydrogen-bond acceptors (Lipinski definition) is 11. The molecule has 0 radical (unpaired) electrons. The van der Waals surface area contributed by atoms with Crippen molar-refractivity contribution in [1.82, 2.24) is 35.1 Å². The Kier molecular flexibility index (Phi) is 10.1. The normalized spacial score (nSPS) is 18.0. The summed E-state index contributed by atoms with van der Waals surface area (Å²) in [5, 5.41) is 16.4. The van der Waals surface area contributed by atoms with E-state index < -0.39 is 29.7 Å². The fourth-order valence-electron chi connectivity index (χ4n) is 7.58. The summed E-state index contributed by atoms with van der Waals surface area (Å²) in [5.41, 5.74) is 3.80. The number of anilines is 3. The van der Waals surface area contributed by atoms with Crippen LogP contribution in [0.4, 0.5) is 21.7 Å². The lowest BCUT2D eigenvalue weighted by Gasteiger charge is -2.27. The number of imide groups is 2. The molecule has 2 aromatic carbocycles. The van der Waals surface area contributed by atoms with Crippen molar-refractivity contribution in [3.05, 3.63) is 102 Å². The minimum atomic E-state index is -1.04. The fourth-order valence-corrected chi connectivity index (χ4v) is 7.58. The molecule has 0 spiro atoms. The molecule has 3 aliphatic heterocycles. The van der Waals surface area contributed by atoms with E-state index in [9.17, 15) is 28.4 Å². The van der Waals surface area contributed by atoms with Crippen molar-refractivity contribution in [2.75, 3.05) is 41.7 Å². The summed E-state index contributed by atoms with van der Waals surface area (Å²) in [5.74, 6) is -1.26. The maximum absolute atomic E-state index is 14.0. The van der Waals surface area contributed by atoms with E-state index in [1.54, 1.807) is 35.0 Å². The molecule has 15 nitrogen and oxygen atoms in total. The minimum Gasteiger partial charge on any atom is -0.384 e. The number of pyridine rings is 1. The van der Waals surface area contributed by atoms with Crippen LogP contribution in [0.3, 0.4) is 0 Å². The predicted octanol–water partition coefficient (Wildman–Crippen LogP) is 4.09. The molecule has 3 aliphatic rings. The number of fused-ring (bicyclic) bond motifs is 2. The number of benzene rings is 2. The molecule has 3 aromatic heterocycles. The van der Waals surface area contributed by atoms with Crippen LogP contribution in [0.15, 0.2) is 79.0 Å². The van der Waals surface area contributed by atoms with Gasteiger partial charge in [0.25, 0.3) is 11.8 Å². The van der Waals surface area contributed by atoms with Crippen LogP contribution < -0.4 is 26.2 Å². The lowest BCUT2D eigenvalue weighted by Crippen LogP contribution is -2.54. The molecule has 5 amide bonds. The summed E-state index contributed by atoms with van der Waals surface area (Å²) in [4.78, 5) is 75.4. The average Bonchev–Trinajstić information content (AvgIpc) is 3.92. The van der Waals surface area contributed by atoms with Crippen molar-refractivity contribution in [3.63, 3.8) is 0 Å². The van der Waals surface area contributed by atoms with Crippen LogP contribution in [-0.4, -0.2) is 86.2 Å². The van der Waals surface area contributed by atoms with Gasteiger partial charge in [0.15, 0.2) is 5.65 Å². The third-order valence-electron chi connectivity index (χ3n) is 10.3. The van der Waals surface area contributed by atoms with Gasteiger partial charge in [0.1, 0.15) is 29.2 Å². The van der Waals surface area contributed by atoms with Crippen LogP contribution in [0, 0.1) is 5.82 Å². The van der Waals surface area contributed by atoms with E-state index in [4.69, 9.17) is 10.1 Å². The maximum Gasteiger partial charge on any atom is 0.264 e. The van der Waals surface area contributed by atoms with E-state index in [2.05, 4.69) is 31.2 Å². The Morgan fingerprint density at radius 3 is 2.61 bits per heavy atom. The number of carbonyl (C=O) groups excluding carboxylic acids is 5. The number of carbonyl (C=O) groups is 5. The number of rotatable bonds is 13. The van der Waals surface area contributed by atoms with Gasteiger partial charge in [0.2, 0.25) is 17.7 Å². The Balaban J connectivity index is 0.817. The summed E-state index contributed by atoms with van der Waals surface area (Å²) in [6, 6.07) is 20.1. The Hall–Kier alpha value is -6.71. The van der Waals surface area contributed by atoms with Crippen molar-refractivity contribution in [3.8, 4) is 11.4 Å². The second-order valence-electron chi connectivity index (χ2n) is 13.9. The lowest BCUT2D eigenvalue weighted by atomic mass is 10.0. The number of aromatic nitrogens is 4. The van der Waals surface area contributed by atoms with E-state index in [0.717, 1.165) is 41.4 Å². The molecule has 0 saturated carbocycles. The molecule has 5 aromatic rings. The summed E-state index contributed by atoms with van der Waals surface area (Å²) in [7, 11) is 0.